The molecule has 0 spiro atoms. The molecule has 0 atom stereocenters. The monoisotopic (exact) mass is 238 g/mol. The number of amides is 2. The van der Waals surface area contributed by atoms with Crippen LogP contribution < -0.4 is 10.6 Å². The van der Waals surface area contributed by atoms with E-state index in [1.165, 1.54) is 20.4 Å². The first-order chi connectivity index (χ1) is 8.15. The Kier molecular flexibility index (Phi) is 4.68. The molecule has 0 aliphatic rings. The number of imidazole rings is 1. The Labute approximate surface area is 100 Å². The first-order valence-electron chi connectivity index (χ1n) is 5.65. The van der Waals surface area contributed by atoms with Gasteiger partial charge in [0.2, 0.25) is 0 Å². The largest absolute Gasteiger partial charge is 0.354 e. The Morgan fingerprint density at radius 3 is 2.47 bits per heavy atom. The second kappa shape index (κ2) is 6.03. The van der Waals surface area contributed by atoms with Crippen LogP contribution in [0.15, 0.2) is 6.33 Å². The van der Waals surface area contributed by atoms with E-state index < -0.39 is 0 Å². The number of aromatic nitrogens is 2. The smallest absolute Gasteiger partial charge is 0.272 e. The first-order valence-corrected chi connectivity index (χ1v) is 5.65. The molecule has 17 heavy (non-hydrogen) atoms. The summed E-state index contributed by atoms with van der Waals surface area (Å²) >= 11 is 0. The molecule has 1 aromatic heterocycles. The first kappa shape index (κ1) is 13.2. The van der Waals surface area contributed by atoms with Gasteiger partial charge in [-0.1, -0.05) is 13.3 Å². The van der Waals surface area contributed by atoms with E-state index in [0.717, 1.165) is 12.8 Å². The SMILES string of the molecule is CCCCn1cnc(C(=O)NC)c1C(=O)NC. The van der Waals surface area contributed by atoms with Crippen LogP contribution in [0.4, 0.5) is 0 Å². The molecule has 0 bridgehead atoms. The van der Waals surface area contributed by atoms with Crippen LogP contribution in [0, 0.1) is 0 Å². The molecule has 6 nitrogen and oxygen atoms in total. The maximum Gasteiger partial charge on any atom is 0.272 e. The lowest BCUT2D eigenvalue weighted by atomic mass is 10.2. The number of hydrogen-bond donors (Lipinski definition) is 2. The van der Waals surface area contributed by atoms with Gasteiger partial charge in [0, 0.05) is 20.6 Å². The van der Waals surface area contributed by atoms with Gasteiger partial charge in [-0.2, -0.15) is 0 Å². The maximum atomic E-state index is 11.7. The average Bonchev–Trinajstić information content (AvgIpc) is 2.78. The lowest BCUT2D eigenvalue weighted by Crippen LogP contribution is -2.27. The minimum absolute atomic E-state index is 0.169. The number of nitrogens with zero attached hydrogens (tertiary/aromatic N) is 2. The molecule has 2 N–H and O–H groups in total. The molecule has 1 aromatic rings. The molecule has 0 saturated heterocycles. The Morgan fingerprint density at radius 2 is 1.94 bits per heavy atom. The van der Waals surface area contributed by atoms with Gasteiger partial charge in [-0.25, -0.2) is 4.98 Å². The Balaban J connectivity index is 3.10. The summed E-state index contributed by atoms with van der Waals surface area (Å²) in [7, 11) is 3.05. The topological polar surface area (TPSA) is 76.0 Å². The normalized spacial score (nSPS) is 10.1. The molecule has 0 unspecified atom stereocenters. The fourth-order valence-corrected chi connectivity index (χ4v) is 1.52. The zero-order valence-electron chi connectivity index (χ0n) is 10.4. The minimum Gasteiger partial charge on any atom is -0.354 e. The highest BCUT2D eigenvalue weighted by Gasteiger charge is 2.21. The molecule has 1 heterocycles. The highest BCUT2D eigenvalue weighted by molar-refractivity contribution is 6.04. The zero-order valence-corrected chi connectivity index (χ0v) is 10.4. The number of rotatable bonds is 5. The maximum absolute atomic E-state index is 11.7. The Bertz CT molecular complexity index is 412. The summed E-state index contributed by atoms with van der Waals surface area (Å²) in [6.45, 7) is 2.75. The second-order valence-electron chi connectivity index (χ2n) is 3.65. The molecule has 94 valence electrons. The zero-order chi connectivity index (χ0) is 12.8. The van der Waals surface area contributed by atoms with E-state index in [1.807, 2.05) is 0 Å². The van der Waals surface area contributed by atoms with Crippen LogP contribution in [-0.2, 0) is 6.54 Å². The summed E-state index contributed by atoms with van der Waals surface area (Å²) in [5.74, 6) is -0.643. The van der Waals surface area contributed by atoms with Crippen molar-refractivity contribution < 1.29 is 9.59 Å². The summed E-state index contributed by atoms with van der Waals surface area (Å²) in [6, 6.07) is 0. The predicted octanol–water partition coefficient (Wildman–Crippen LogP) is 0.402. The standard InChI is InChI=1S/C11H18N4O2/c1-4-5-6-15-7-14-8(10(16)12-2)9(15)11(17)13-3/h7H,4-6H2,1-3H3,(H,12,16)(H,13,17). The van der Waals surface area contributed by atoms with Gasteiger partial charge in [0.15, 0.2) is 5.69 Å². The molecule has 0 fully saturated rings. The molecule has 0 saturated carbocycles. The fraction of sp³-hybridized carbons (Fsp3) is 0.545. The highest BCUT2D eigenvalue weighted by atomic mass is 16.2. The van der Waals surface area contributed by atoms with Crippen molar-refractivity contribution in [1.29, 1.82) is 0 Å². The third-order valence-electron chi connectivity index (χ3n) is 2.47. The summed E-state index contributed by atoms with van der Waals surface area (Å²) in [5, 5.41) is 5.00. The number of carbonyl (C=O) groups is 2. The van der Waals surface area contributed by atoms with Crippen LogP contribution in [0.3, 0.4) is 0 Å². The second-order valence-corrected chi connectivity index (χ2v) is 3.65. The molecular weight excluding hydrogens is 220 g/mol. The van der Waals surface area contributed by atoms with E-state index in [9.17, 15) is 9.59 Å². The van der Waals surface area contributed by atoms with Crippen molar-refractivity contribution in [3.8, 4) is 0 Å². The van der Waals surface area contributed by atoms with Crippen LogP contribution in [0.1, 0.15) is 40.7 Å². The quantitative estimate of drug-likeness (QED) is 0.779. The average molecular weight is 238 g/mol. The molecular formula is C11H18N4O2. The molecule has 0 aliphatic heterocycles. The Morgan fingerprint density at radius 1 is 1.29 bits per heavy atom. The number of unbranched alkanes of at least 4 members (excludes halogenated alkanes) is 1. The number of carbonyl (C=O) groups excluding carboxylic acids is 2. The van der Waals surface area contributed by atoms with Crippen molar-refractivity contribution in [2.24, 2.45) is 0 Å². The van der Waals surface area contributed by atoms with Crippen molar-refractivity contribution in [3.05, 3.63) is 17.7 Å². The van der Waals surface area contributed by atoms with Gasteiger partial charge in [-0.3, -0.25) is 9.59 Å². The Hall–Kier alpha value is -1.85. The number of aryl methyl sites for hydroxylation is 1. The van der Waals surface area contributed by atoms with Crippen molar-refractivity contribution in [2.75, 3.05) is 14.1 Å². The number of nitrogens with one attached hydrogen (secondary N) is 2. The molecule has 0 radical (unpaired) electrons. The molecule has 1 rings (SSSR count). The van der Waals surface area contributed by atoms with Gasteiger partial charge >= 0.3 is 0 Å². The molecule has 6 heteroatoms. The van der Waals surface area contributed by atoms with Gasteiger partial charge in [-0.15, -0.1) is 0 Å². The van der Waals surface area contributed by atoms with Crippen LogP contribution in [0.2, 0.25) is 0 Å². The summed E-state index contributed by atoms with van der Waals surface area (Å²) in [4.78, 5) is 27.3. The van der Waals surface area contributed by atoms with E-state index in [0.29, 0.717) is 12.2 Å². The van der Waals surface area contributed by atoms with E-state index in [2.05, 4.69) is 22.5 Å². The van der Waals surface area contributed by atoms with Gasteiger partial charge in [-0.05, 0) is 6.42 Å². The van der Waals surface area contributed by atoms with Crippen LogP contribution in [0.25, 0.3) is 0 Å². The summed E-state index contributed by atoms with van der Waals surface area (Å²) in [6.07, 6.45) is 3.49. The summed E-state index contributed by atoms with van der Waals surface area (Å²) in [5.41, 5.74) is 0.489. The predicted molar refractivity (Wildman–Crippen MR) is 63.9 cm³/mol. The van der Waals surface area contributed by atoms with Crippen molar-refractivity contribution >= 4 is 11.8 Å². The van der Waals surface area contributed by atoms with Gasteiger partial charge < -0.3 is 15.2 Å². The van der Waals surface area contributed by atoms with Crippen molar-refractivity contribution in [3.63, 3.8) is 0 Å². The number of hydrogen-bond acceptors (Lipinski definition) is 3. The summed E-state index contributed by atoms with van der Waals surface area (Å²) < 4.78 is 1.72. The van der Waals surface area contributed by atoms with Crippen LogP contribution in [-0.4, -0.2) is 35.5 Å². The van der Waals surface area contributed by atoms with Crippen LogP contribution >= 0.6 is 0 Å². The van der Waals surface area contributed by atoms with Crippen LogP contribution in [0.5, 0.6) is 0 Å². The molecule has 2 amide bonds. The van der Waals surface area contributed by atoms with E-state index >= 15 is 0 Å². The van der Waals surface area contributed by atoms with Gasteiger partial charge in [0.25, 0.3) is 11.8 Å². The lowest BCUT2D eigenvalue weighted by Gasteiger charge is -2.07. The van der Waals surface area contributed by atoms with Crippen molar-refractivity contribution in [1.82, 2.24) is 20.2 Å². The fourth-order valence-electron chi connectivity index (χ4n) is 1.52. The van der Waals surface area contributed by atoms with Crippen molar-refractivity contribution in [2.45, 2.75) is 26.3 Å². The lowest BCUT2D eigenvalue weighted by molar-refractivity contribution is 0.0920. The van der Waals surface area contributed by atoms with E-state index in [1.54, 1.807) is 4.57 Å². The van der Waals surface area contributed by atoms with E-state index in [4.69, 9.17) is 0 Å². The third kappa shape index (κ3) is 2.83. The highest BCUT2D eigenvalue weighted by Crippen LogP contribution is 2.09. The third-order valence-corrected chi connectivity index (χ3v) is 2.47. The van der Waals surface area contributed by atoms with Gasteiger partial charge in [0.1, 0.15) is 5.69 Å². The molecule has 0 aliphatic carbocycles. The van der Waals surface area contributed by atoms with Gasteiger partial charge in [0.05, 0.1) is 6.33 Å². The molecule has 0 aromatic carbocycles. The van der Waals surface area contributed by atoms with E-state index in [-0.39, 0.29) is 17.5 Å². The minimum atomic E-state index is -0.348.